The van der Waals surface area contributed by atoms with Gasteiger partial charge in [-0.05, 0) is 37.6 Å². The number of hydrogen-bond donors (Lipinski definition) is 3. The molecule has 0 aromatic heterocycles. The van der Waals surface area contributed by atoms with Crippen LogP contribution >= 0.6 is 11.6 Å². The van der Waals surface area contributed by atoms with Crippen LogP contribution in [-0.4, -0.2) is 36.8 Å². The highest BCUT2D eigenvalue weighted by Gasteiger charge is 2.23. The van der Waals surface area contributed by atoms with Crippen molar-refractivity contribution < 1.29 is 9.90 Å². The number of benzene rings is 1. The lowest BCUT2D eigenvalue weighted by Crippen LogP contribution is -2.45. The van der Waals surface area contributed by atoms with Crippen LogP contribution in [0.3, 0.4) is 0 Å². The number of aliphatic hydroxyl groups is 1. The molecule has 1 heterocycles. The van der Waals surface area contributed by atoms with Crippen LogP contribution in [0.15, 0.2) is 18.2 Å². The fourth-order valence-corrected chi connectivity index (χ4v) is 2.46. The number of amides is 1. The lowest BCUT2D eigenvalue weighted by molar-refractivity contribution is 0.0753. The number of nitrogens with one attached hydrogen (secondary N) is 2. The SMILES string of the molecule is Cc1ccc(Cl)cc1C(=O)NC[C@@H]1CCNC[C@H]1O. The molecule has 2 rings (SSSR count). The van der Waals surface area contributed by atoms with E-state index in [2.05, 4.69) is 10.6 Å². The van der Waals surface area contributed by atoms with Crippen molar-refractivity contribution >= 4 is 17.5 Å². The Morgan fingerprint density at radius 3 is 3.11 bits per heavy atom. The second-order valence-corrected chi connectivity index (χ2v) is 5.43. The monoisotopic (exact) mass is 282 g/mol. The topological polar surface area (TPSA) is 61.4 Å². The Hall–Kier alpha value is -1.10. The Morgan fingerprint density at radius 2 is 2.37 bits per heavy atom. The summed E-state index contributed by atoms with van der Waals surface area (Å²) in [5.41, 5.74) is 1.49. The maximum atomic E-state index is 12.1. The molecule has 1 amide bonds. The normalized spacial score (nSPS) is 23.1. The lowest BCUT2D eigenvalue weighted by atomic mass is 9.95. The smallest absolute Gasteiger partial charge is 0.251 e. The van der Waals surface area contributed by atoms with Crippen LogP contribution in [-0.2, 0) is 0 Å². The summed E-state index contributed by atoms with van der Waals surface area (Å²) in [5.74, 6) is -0.0181. The minimum absolute atomic E-state index is 0.115. The van der Waals surface area contributed by atoms with Gasteiger partial charge in [-0.2, -0.15) is 0 Å². The second-order valence-electron chi connectivity index (χ2n) is 4.99. The summed E-state index contributed by atoms with van der Waals surface area (Å²) >= 11 is 5.90. The van der Waals surface area contributed by atoms with Crippen LogP contribution in [0.5, 0.6) is 0 Å². The van der Waals surface area contributed by atoms with Gasteiger partial charge in [-0.15, -0.1) is 0 Å². The first-order valence-corrected chi connectivity index (χ1v) is 6.89. The Kier molecular flexibility index (Phi) is 4.80. The average Bonchev–Trinajstić information content (AvgIpc) is 2.40. The molecule has 1 fully saturated rings. The van der Waals surface area contributed by atoms with E-state index in [-0.39, 0.29) is 11.8 Å². The van der Waals surface area contributed by atoms with Crippen LogP contribution in [0.1, 0.15) is 22.3 Å². The van der Waals surface area contributed by atoms with Gasteiger partial charge in [-0.3, -0.25) is 4.79 Å². The van der Waals surface area contributed by atoms with E-state index in [1.807, 2.05) is 13.0 Å². The first kappa shape index (κ1) is 14.3. The van der Waals surface area contributed by atoms with Gasteiger partial charge in [0.1, 0.15) is 0 Å². The first-order chi connectivity index (χ1) is 9.08. The summed E-state index contributed by atoms with van der Waals surface area (Å²) in [4.78, 5) is 12.1. The Bertz CT molecular complexity index is 465. The van der Waals surface area contributed by atoms with Gasteiger partial charge in [0.05, 0.1) is 6.10 Å². The van der Waals surface area contributed by atoms with E-state index in [0.717, 1.165) is 18.5 Å². The molecule has 0 aliphatic carbocycles. The molecule has 1 aliphatic heterocycles. The molecule has 1 aliphatic rings. The molecule has 0 radical (unpaired) electrons. The number of carbonyl (C=O) groups excluding carboxylic acids is 1. The standard InChI is InChI=1S/C14H19ClN2O2/c1-9-2-3-11(15)6-12(9)14(19)17-7-10-4-5-16-8-13(10)18/h2-3,6,10,13,16,18H,4-5,7-8H2,1H3,(H,17,19)/t10-,13+/m0/s1. The minimum Gasteiger partial charge on any atom is -0.391 e. The Morgan fingerprint density at radius 1 is 1.58 bits per heavy atom. The van der Waals surface area contributed by atoms with Gasteiger partial charge >= 0.3 is 0 Å². The number of aryl methyl sites for hydroxylation is 1. The Labute approximate surface area is 118 Å². The molecular formula is C14H19ClN2O2. The molecule has 104 valence electrons. The third kappa shape index (κ3) is 3.69. The summed E-state index contributed by atoms with van der Waals surface area (Å²) in [7, 11) is 0. The van der Waals surface area contributed by atoms with Crippen LogP contribution in [0, 0.1) is 12.8 Å². The van der Waals surface area contributed by atoms with Gasteiger partial charge in [0.2, 0.25) is 0 Å². The molecule has 1 aromatic carbocycles. The van der Waals surface area contributed by atoms with E-state index >= 15 is 0 Å². The quantitative estimate of drug-likeness (QED) is 0.784. The average molecular weight is 283 g/mol. The first-order valence-electron chi connectivity index (χ1n) is 6.51. The highest BCUT2D eigenvalue weighted by Crippen LogP contribution is 2.16. The fourth-order valence-electron chi connectivity index (χ4n) is 2.29. The summed E-state index contributed by atoms with van der Waals surface area (Å²) in [6.07, 6.45) is 0.477. The zero-order valence-electron chi connectivity index (χ0n) is 10.9. The van der Waals surface area contributed by atoms with Crippen LogP contribution in [0.4, 0.5) is 0 Å². The van der Waals surface area contributed by atoms with Crippen molar-refractivity contribution in [2.75, 3.05) is 19.6 Å². The molecule has 0 bridgehead atoms. The summed E-state index contributed by atoms with van der Waals surface area (Å²) in [5, 5.41) is 16.4. The molecule has 4 nitrogen and oxygen atoms in total. The van der Waals surface area contributed by atoms with Crippen molar-refractivity contribution in [2.45, 2.75) is 19.4 Å². The number of β-amino-alcohol motifs (C(OH)–C–C–N with tert-alkyl or cyclic N) is 1. The summed E-state index contributed by atoms with van der Waals surface area (Å²) < 4.78 is 0. The van der Waals surface area contributed by atoms with Gasteiger partial charge in [0.25, 0.3) is 5.91 Å². The zero-order chi connectivity index (χ0) is 13.8. The van der Waals surface area contributed by atoms with E-state index in [9.17, 15) is 9.90 Å². The highest BCUT2D eigenvalue weighted by atomic mass is 35.5. The zero-order valence-corrected chi connectivity index (χ0v) is 11.7. The molecule has 1 aromatic rings. The molecule has 0 unspecified atom stereocenters. The number of piperidine rings is 1. The number of halogens is 1. The largest absolute Gasteiger partial charge is 0.391 e. The molecule has 0 spiro atoms. The van der Waals surface area contributed by atoms with Gasteiger partial charge in [0.15, 0.2) is 0 Å². The third-order valence-corrected chi connectivity index (χ3v) is 3.79. The van der Waals surface area contributed by atoms with E-state index < -0.39 is 6.10 Å². The summed E-state index contributed by atoms with van der Waals surface area (Å²) in [6.45, 7) is 3.85. The van der Waals surface area contributed by atoms with Gasteiger partial charge in [0, 0.05) is 29.6 Å². The molecule has 1 saturated heterocycles. The minimum atomic E-state index is -0.394. The molecule has 2 atom stereocenters. The predicted octanol–water partition coefficient (Wildman–Crippen LogP) is 1.35. The molecule has 19 heavy (non-hydrogen) atoms. The van der Waals surface area contributed by atoms with E-state index in [1.54, 1.807) is 12.1 Å². The number of hydrogen-bond acceptors (Lipinski definition) is 3. The van der Waals surface area contributed by atoms with Crippen molar-refractivity contribution in [3.05, 3.63) is 34.3 Å². The third-order valence-electron chi connectivity index (χ3n) is 3.56. The molecule has 0 saturated carbocycles. The molecular weight excluding hydrogens is 264 g/mol. The van der Waals surface area contributed by atoms with Crippen molar-refractivity contribution in [1.29, 1.82) is 0 Å². The molecule has 5 heteroatoms. The van der Waals surface area contributed by atoms with E-state index in [4.69, 9.17) is 11.6 Å². The van der Waals surface area contributed by atoms with Crippen LogP contribution in [0.2, 0.25) is 5.02 Å². The molecule has 3 N–H and O–H groups in total. The van der Waals surface area contributed by atoms with E-state index in [0.29, 0.717) is 23.7 Å². The van der Waals surface area contributed by atoms with Crippen molar-refractivity contribution in [1.82, 2.24) is 10.6 Å². The van der Waals surface area contributed by atoms with Gasteiger partial charge in [-0.25, -0.2) is 0 Å². The van der Waals surface area contributed by atoms with Crippen molar-refractivity contribution in [3.63, 3.8) is 0 Å². The van der Waals surface area contributed by atoms with Crippen molar-refractivity contribution in [3.8, 4) is 0 Å². The van der Waals surface area contributed by atoms with Gasteiger partial charge < -0.3 is 15.7 Å². The number of aliphatic hydroxyl groups excluding tert-OH is 1. The van der Waals surface area contributed by atoms with E-state index in [1.165, 1.54) is 0 Å². The van der Waals surface area contributed by atoms with Gasteiger partial charge in [-0.1, -0.05) is 17.7 Å². The lowest BCUT2D eigenvalue weighted by Gasteiger charge is -2.28. The highest BCUT2D eigenvalue weighted by molar-refractivity contribution is 6.31. The van der Waals surface area contributed by atoms with Crippen LogP contribution in [0.25, 0.3) is 0 Å². The Balaban J connectivity index is 1.95. The predicted molar refractivity (Wildman–Crippen MR) is 75.5 cm³/mol. The fraction of sp³-hybridized carbons (Fsp3) is 0.500. The number of rotatable bonds is 3. The summed E-state index contributed by atoms with van der Waals surface area (Å²) in [6, 6.07) is 5.27. The maximum Gasteiger partial charge on any atom is 0.251 e. The second kappa shape index (κ2) is 6.37. The van der Waals surface area contributed by atoms with Crippen molar-refractivity contribution in [2.24, 2.45) is 5.92 Å². The van der Waals surface area contributed by atoms with Crippen LogP contribution < -0.4 is 10.6 Å². The number of carbonyl (C=O) groups is 1. The maximum absolute atomic E-state index is 12.1.